The summed E-state index contributed by atoms with van der Waals surface area (Å²) in [4.78, 5) is 12.2. The lowest BCUT2D eigenvalue weighted by molar-refractivity contribution is 0.102. The van der Waals surface area contributed by atoms with Crippen LogP contribution in [0.25, 0.3) is 5.52 Å². The SMILES string of the molecule is Nc1cc(NC(=O)c2cnn3ccccc23)ccc1F. The van der Waals surface area contributed by atoms with Gasteiger partial charge in [0.15, 0.2) is 0 Å². The minimum Gasteiger partial charge on any atom is -0.396 e. The van der Waals surface area contributed by atoms with E-state index in [1.165, 1.54) is 24.4 Å². The summed E-state index contributed by atoms with van der Waals surface area (Å²) in [5.41, 5.74) is 7.02. The van der Waals surface area contributed by atoms with Gasteiger partial charge in [-0.1, -0.05) is 6.07 Å². The van der Waals surface area contributed by atoms with Crippen molar-refractivity contribution in [1.29, 1.82) is 0 Å². The zero-order valence-electron chi connectivity index (χ0n) is 10.4. The maximum Gasteiger partial charge on any atom is 0.259 e. The summed E-state index contributed by atoms with van der Waals surface area (Å²) in [5.74, 6) is -0.837. The number of pyridine rings is 1. The monoisotopic (exact) mass is 270 g/mol. The van der Waals surface area contributed by atoms with Gasteiger partial charge in [0.2, 0.25) is 0 Å². The average Bonchev–Trinajstić information content (AvgIpc) is 2.87. The van der Waals surface area contributed by atoms with Crippen LogP contribution in [-0.2, 0) is 0 Å². The molecule has 0 radical (unpaired) electrons. The van der Waals surface area contributed by atoms with Gasteiger partial charge in [0, 0.05) is 11.9 Å². The van der Waals surface area contributed by atoms with Gasteiger partial charge in [-0.15, -0.1) is 0 Å². The Morgan fingerprint density at radius 2 is 2.15 bits per heavy atom. The third kappa shape index (κ3) is 2.07. The summed E-state index contributed by atoms with van der Waals surface area (Å²) >= 11 is 0. The summed E-state index contributed by atoms with van der Waals surface area (Å²) in [7, 11) is 0. The van der Waals surface area contributed by atoms with E-state index >= 15 is 0 Å². The Kier molecular flexibility index (Phi) is 2.83. The molecule has 3 aromatic rings. The number of halogens is 1. The van der Waals surface area contributed by atoms with Gasteiger partial charge in [0.1, 0.15) is 5.82 Å². The van der Waals surface area contributed by atoms with Gasteiger partial charge in [-0.3, -0.25) is 4.79 Å². The molecule has 0 unspecified atom stereocenters. The van der Waals surface area contributed by atoms with E-state index in [0.29, 0.717) is 16.8 Å². The number of hydrogen-bond donors (Lipinski definition) is 2. The third-order valence-electron chi connectivity index (χ3n) is 2.92. The normalized spacial score (nSPS) is 10.7. The van der Waals surface area contributed by atoms with Crippen molar-refractivity contribution in [2.75, 3.05) is 11.1 Å². The van der Waals surface area contributed by atoms with Crippen molar-refractivity contribution < 1.29 is 9.18 Å². The molecule has 0 aliphatic heterocycles. The van der Waals surface area contributed by atoms with Gasteiger partial charge >= 0.3 is 0 Å². The van der Waals surface area contributed by atoms with Crippen LogP contribution < -0.4 is 11.1 Å². The molecule has 0 saturated heterocycles. The topological polar surface area (TPSA) is 72.4 Å². The molecule has 0 fully saturated rings. The number of benzene rings is 1. The second kappa shape index (κ2) is 4.65. The highest BCUT2D eigenvalue weighted by atomic mass is 19.1. The van der Waals surface area contributed by atoms with Crippen LogP contribution in [-0.4, -0.2) is 15.5 Å². The fourth-order valence-electron chi connectivity index (χ4n) is 1.93. The number of hydrogen-bond acceptors (Lipinski definition) is 3. The highest BCUT2D eigenvalue weighted by Gasteiger charge is 2.12. The minimum absolute atomic E-state index is 0.0114. The molecule has 20 heavy (non-hydrogen) atoms. The molecule has 2 aromatic heterocycles. The predicted octanol–water partition coefficient (Wildman–Crippen LogP) is 2.31. The molecule has 3 rings (SSSR count). The molecule has 0 bridgehead atoms. The van der Waals surface area contributed by atoms with E-state index in [1.807, 2.05) is 12.1 Å². The van der Waals surface area contributed by atoms with Gasteiger partial charge < -0.3 is 11.1 Å². The lowest BCUT2D eigenvalue weighted by Gasteiger charge is -2.05. The molecule has 100 valence electrons. The molecule has 0 spiro atoms. The maximum absolute atomic E-state index is 13.1. The number of fused-ring (bicyclic) bond motifs is 1. The first-order chi connectivity index (χ1) is 9.65. The van der Waals surface area contributed by atoms with Crippen molar-refractivity contribution in [3.8, 4) is 0 Å². The zero-order chi connectivity index (χ0) is 14.1. The van der Waals surface area contributed by atoms with Gasteiger partial charge in [0.05, 0.1) is 23.0 Å². The van der Waals surface area contributed by atoms with Crippen LogP contribution in [0.2, 0.25) is 0 Å². The maximum atomic E-state index is 13.1. The van der Waals surface area contributed by atoms with Crippen molar-refractivity contribution in [2.24, 2.45) is 0 Å². The number of aromatic nitrogens is 2. The lowest BCUT2D eigenvalue weighted by Crippen LogP contribution is -2.12. The van der Waals surface area contributed by atoms with Crippen molar-refractivity contribution >= 4 is 22.8 Å². The smallest absolute Gasteiger partial charge is 0.259 e. The first kappa shape index (κ1) is 12.2. The number of nitrogens with one attached hydrogen (secondary N) is 1. The van der Waals surface area contributed by atoms with Crippen LogP contribution >= 0.6 is 0 Å². The summed E-state index contributed by atoms with van der Waals surface area (Å²) < 4.78 is 14.7. The number of carbonyl (C=O) groups is 1. The van der Waals surface area contributed by atoms with Crippen LogP contribution in [0, 0.1) is 5.82 Å². The molecule has 3 N–H and O–H groups in total. The summed E-state index contributed by atoms with van der Waals surface area (Å²) in [6, 6.07) is 9.47. The summed E-state index contributed by atoms with van der Waals surface area (Å²) in [6.07, 6.45) is 3.24. The zero-order valence-corrected chi connectivity index (χ0v) is 10.4. The summed E-state index contributed by atoms with van der Waals surface area (Å²) in [5, 5.41) is 6.75. The number of nitrogen functional groups attached to an aromatic ring is 1. The van der Waals surface area contributed by atoms with Crippen molar-refractivity contribution in [1.82, 2.24) is 9.61 Å². The highest BCUT2D eigenvalue weighted by Crippen LogP contribution is 2.18. The Morgan fingerprint density at radius 3 is 2.95 bits per heavy atom. The van der Waals surface area contributed by atoms with E-state index in [0.717, 1.165) is 0 Å². The second-order valence-electron chi connectivity index (χ2n) is 4.28. The number of anilines is 2. The highest BCUT2D eigenvalue weighted by molar-refractivity contribution is 6.08. The van der Waals surface area contributed by atoms with Crippen LogP contribution in [0.3, 0.4) is 0 Å². The van der Waals surface area contributed by atoms with E-state index in [2.05, 4.69) is 10.4 Å². The van der Waals surface area contributed by atoms with E-state index in [4.69, 9.17) is 5.73 Å². The Morgan fingerprint density at radius 1 is 1.30 bits per heavy atom. The Bertz CT molecular complexity index is 797. The Balaban J connectivity index is 1.91. The quantitative estimate of drug-likeness (QED) is 0.702. The Labute approximate surface area is 113 Å². The molecule has 0 aliphatic rings. The van der Waals surface area contributed by atoms with Crippen LogP contribution in [0.1, 0.15) is 10.4 Å². The van der Waals surface area contributed by atoms with Gasteiger partial charge in [-0.05, 0) is 30.3 Å². The molecule has 6 heteroatoms. The fraction of sp³-hybridized carbons (Fsp3) is 0. The molecule has 1 aromatic carbocycles. The third-order valence-corrected chi connectivity index (χ3v) is 2.92. The number of rotatable bonds is 2. The van der Waals surface area contributed by atoms with E-state index < -0.39 is 5.82 Å². The minimum atomic E-state index is -0.515. The number of nitrogens with two attached hydrogens (primary N) is 1. The van der Waals surface area contributed by atoms with Gasteiger partial charge in [-0.25, -0.2) is 8.91 Å². The molecule has 0 atom stereocenters. The van der Waals surface area contributed by atoms with Crippen LogP contribution in [0.15, 0.2) is 48.8 Å². The lowest BCUT2D eigenvalue weighted by atomic mass is 10.2. The molecule has 0 aliphatic carbocycles. The van der Waals surface area contributed by atoms with Gasteiger partial charge in [0.25, 0.3) is 5.91 Å². The largest absolute Gasteiger partial charge is 0.396 e. The molecule has 5 nitrogen and oxygen atoms in total. The Hall–Kier alpha value is -2.89. The van der Waals surface area contributed by atoms with Gasteiger partial charge in [-0.2, -0.15) is 5.10 Å². The van der Waals surface area contributed by atoms with E-state index in [9.17, 15) is 9.18 Å². The number of nitrogens with zero attached hydrogens (tertiary/aromatic N) is 2. The molecule has 0 saturated carbocycles. The molecular weight excluding hydrogens is 259 g/mol. The first-order valence-electron chi connectivity index (χ1n) is 5.94. The number of amides is 1. The van der Waals surface area contributed by atoms with Crippen molar-refractivity contribution in [2.45, 2.75) is 0 Å². The van der Waals surface area contributed by atoms with Crippen molar-refractivity contribution in [3.63, 3.8) is 0 Å². The van der Waals surface area contributed by atoms with E-state index in [1.54, 1.807) is 16.8 Å². The predicted molar refractivity (Wildman–Crippen MR) is 74.0 cm³/mol. The summed E-state index contributed by atoms with van der Waals surface area (Å²) in [6.45, 7) is 0. The van der Waals surface area contributed by atoms with Crippen LogP contribution in [0.5, 0.6) is 0 Å². The standard InChI is InChI=1S/C14H11FN4O/c15-11-5-4-9(7-12(11)16)18-14(20)10-8-17-19-6-2-1-3-13(10)19/h1-8H,16H2,(H,18,20). The first-order valence-corrected chi connectivity index (χ1v) is 5.94. The second-order valence-corrected chi connectivity index (χ2v) is 4.28. The van der Waals surface area contributed by atoms with E-state index in [-0.39, 0.29) is 11.6 Å². The van der Waals surface area contributed by atoms with Crippen LogP contribution in [0.4, 0.5) is 15.8 Å². The fourth-order valence-corrected chi connectivity index (χ4v) is 1.93. The molecule has 2 heterocycles. The molecular formula is C14H11FN4O. The van der Waals surface area contributed by atoms with Crippen molar-refractivity contribution in [3.05, 3.63) is 60.2 Å². The average molecular weight is 270 g/mol. The number of carbonyl (C=O) groups excluding carboxylic acids is 1. The molecule has 1 amide bonds.